The number of nitrogens with one attached hydrogen (secondary N) is 1. The number of amides is 2. The van der Waals surface area contributed by atoms with E-state index in [1.807, 2.05) is 38.1 Å². The fourth-order valence-electron chi connectivity index (χ4n) is 2.03. The van der Waals surface area contributed by atoms with Crippen molar-refractivity contribution in [2.75, 3.05) is 26.7 Å². The van der Waals surface area contributed by atoms with Gasteiger partial charge in [-0.25, -0.2) is 0 Å². The van der Waals surface area contributed by atoms with Crippen molar-refractivity contribution >= 4 is 11.8 Å². The van der Waals surface area contributed by atoms with E-state index in [4.69, 9.17) is 4.74 Å². The van der Waals surface area contributed by atoms with Crippen LogP contribution >= 0.6 is 0 Å². The Balaban J connectivity index is 2.31. The van der Waals surface area contributed by atoms with Crippen LogP contribution in [0.3, 0.4) is 0 Å². The maximum atomic E-state index is 11.8. The van der Waals surface area contributed by atoms with E-state index in [1.54, 1.807) is 12.0 Å². The zero-order chi connectivity index (χ0) is 15.7. The third kappa shape index (κ3) is 5.85. The number of hydrogen-bond acceptors (Lipinski definition) is 3. The normalized spacial score (nSPS) is 10.0. The van der Waals surface area contributed by atoms with Crippen LogP contribution in [0.1, 0.15) is 25.8 Å². The van der Waals surface area contributed by atoms with E-state index in [0.29, 0.717) is 19.6 Å². The smallest absolute Gasteiger partial charge is 0.231 e. The Hall–Kier alpha value is -2.04. The van der Waals surface area contributed by atoms with Crippen molar-refractivity contribution in [3.8, 4) is 5.75 Å². The van der Waals surface area contributed by atoms with Gasteiger partial charge in [0.1, 0.15) is 12.2 Å². The molecule has 0 radical (unpaired) electrons. The maximum absolute atomic E-state index is 11.8. The summed E-state index contributed by atoms with van der Waals surface area (Å²) < 4.78 is 5.09. The van der Waals surface area contributed by atoms with E-state index >= 15 is 0 Å². The van der Waals surface area contributed by atoms with E-state index in [2.05, 4.69) is 5.32 Å². The summed E-state index contributed by atoms with van der Waals surface area (Å²) in [5.41, 5.74) is 1.12. The highest BCUT2D eigenvalue weighted by molar-refractivity contribution is 5.96. The van der Waals surface area contributed by atoms with Crippen molar-refractivity contribution in [3.05, 3.63) is 29.8 Å². The third-order valence-electron chi connectivity index (χ3n) is 3.32. The molecule has 5 nitrogen and oxygen atoms in total. The molecule has 0 atom stereocenters. The summed E-state index contributed by atoms with van der Waals surface area (Å²) in [4.78, 5) is 25.1. The van der Waals surface area contributed by atoms with Crippen molar-refractivity contribution in [1.29, 1.82) is 0 Å². The molecule has 1 N–H and O–H groups in total. The Bertz CT molecular complexity index is 453. The van der Waals surface area contributed by atoms with Gasteiger partial charge in [-0.3, -0.25) is 9.59 Å². The van der Waals surface area contributed by atoms with Gasteiger partial charge in [-0.2, -0.15) is 0 Å². The van der Waals surface area contributed by atoms with E-state index in [9.17, 15) is 9.59 Å². The topological polar surface area (TPSA) is 58.6 Å². The molecule has 1 rings (SSSR count). The quantitative estimate of drug-likeness (QED) is 0.741. The molecule has 0 bridgehead atoms. The van der Waals surface area contributed by atoms with Crippen LogP contribution in [0.5, 0.6) is 5.75 Å². The summed E-state index contributed by atoms with van der Waals surface area (Å²) in [7, 11) is 1.63. The molecule has 21 heavy (non-hydrogen) atoms. The van der Waals surface area contributed by atoms with Crippen LogP contribution in [-0.2, 0) is 16.0 Å². The summed E-state index contributed by atoms with van der Waals surface area (Å²) in [5, 5.41) is 2.78. The number of benzene rings is 1. The predicted molar refractivity (Wildman–Crippen MR) is 82.3 cm³/mol. The zero-order valence-corrected chi connectivity index (χ0v) is 13.0. The van der Waals surface area contributed by atoms with Crippen molar-refractivity contribution in [1.82, 2.24) is 10.2 Å². The molecule has 0 heterocycles. The van der Waals surface area contributed by atoms with Gasteiger partial charge >= 0.3 is 0 Å². The lowest BCUT2D eigenvalue weighted by Gasteiger charge is -2.18. The number of methoxy groups -OCH3 is 1. The molecule has 0 unspecified atom stereocenters. The Morgan fingerprint density at radius 2 is 1.76 bits per heavy atom. The second-order valence-corrected chi connectivity index (χ2v) is 4.69. The van der Waals surface area contributed by atoms with Crippen LogP contribution < -0.4 is 10.1 Å². The van der Waals surface area contributed by atoms with Crippen molar-refractivity contribution < 1.29 is 14.3 Å². The van der Waals surface area contributed by atoms with E-state index < -0.39 is 0 Å². The average Bonchev–Trinajstić information content (AvgIpc) is 2.49. The van der Waals surface area contributed by atoms with Crippen LogP contribution in [0.25, 0.3) is 0 Å². The van der Waals surface area contributed by atoms with E-state index in [0.717, 1.165) is 17.7 Å². The first-order chi connectivity index (χ1) is 10.1. The summed E-state index contributed by atoms with van der Waals surface area (Å²) in [5.74, 6) is 0.468. The molecular formula is C16H24N2O3. The van der Waals surface area contributed by atoms with E-state index in [1.165, 1.54) is 0 Å². The highest BCUT2D eigenvalue weighted by Crippen LogP contribution is 2.11. The first-order valence-corrected chi connectivity index (χ1v) is 7.28. The van der Waals surface area contributed by atoms with Gasteiger partial charge in [-0.15, -0.1) is 0 Å². The Kier molecular flexibility index (Phi) is 7.29. The highest BCUT2D eigenvalue weighted by atomic mass is 16.5. The van der Waals surface area contributed by atoms with Crippen LogP contribution in [0.4, 0.5) is 0 Å². The van der Waals surface area contributed by atoms with Crippen molar-refractivity contribution in [3.63, 3.8) is 0 Å². The highest BCUT2D eigenvalue weighted by Gasteiger charge is 2.13. The van der Waals surface area contributed by atoms with Crippen LogP contribution in [0.15, 0.2) is 24.3 Å². The fourth-order valence-corrected chi connectivity index (χ4v) is 2.03. The molecule has 0 fully saturated rings. The lowest BCUT2D eigenvalue weighted by molar-refractivity contribution is -0.135. The summed E-state index contributed by atoms with van der Waals surface area (Å²) in [6, 6.07) is 7.71. The molecule has 5 heteroatoms. The standard InChI is InChI=1S/C16H24N2O3/c1-4-18(5-2)16(20)12-15(19)17-11-10-13-6-8-14(21-3)9-7-13/h6-9H,4-5,10-12H2,1-3H3,(H,17,19). The van der Waals surface area contributed by atoms with Gasteiger partial charge in [0.2, 0.25) is 11.8 Å². The third-order valence-corrected chi connectivity index (χ3v) is 3.32. The molecule has 0 spiro atoms. The Labute approximate surface area is 126 Å². The molecule has 0 aliphatic carbocycles. The van der Waals surface area contributed by atoms with Gasteiger partial charge in [0.15, 0.2) is 0 Å². The number of rotatable bonds is 8. The largest absolute Gasteiger partial charge is 0.497 e. The Morgan fingerprint density at radius 1 is 1.14 bits per heavy atom. The minimum absolute atomic E-state index is 0.0791. The molecule has 0 aliphatic heterocycles. The van der Waals surface area contributed by atoms with Gasteiger partial charge in [-0.05, 0) is 38.0 Å². The van der Waals surface area contributed by atoms with Gasteiger partial charge in [0.25, 0.3) is 0 Å². The predicted octanol–water partition coefficient (Wildman–Crippen LogP) is 1.61. The van der Waals surface area contributed by atoms with Gasteiger partial charge < -0.3 is 15.0 Å². The molecule has 116 valence electrons. The number of nitrogens with zero attached hydrogens (tertiary/aromatic N) is 1. The Morgan fingerprint density at radius 3 is 2.29 bits per heavy atom. The summed E-state index contributed by atoms with van der Waals surface area (Å²) >= 11 is 0. The first-order valence-electron chi connectivity index (χ1n) is 7.28. The number of carbonyl (C=O) groups excluding carboxylic acids is 2. The molecule has 2 amide bonds. The average molecular weight is 292 g/mol. The van der Waals surface area contributed by atoms with Crippen LogP contribution in [-0.4, -0.2) is 43.5 Å². The number of hydrogen-bond donors (Lipinski definition) is 1. The summed E-state index contributed by atoms with van der Waals surface area (Å²) in [6.45, 7) is 5.60. The van der Waals surface area contributed by atoms with E-state index in [-0.39, 0.29) is 18.2 Å². The van der Waals surface area contributed by atoms with Crippen molar-refractivity contribution in [2.24, 2.45) is 0 Å². The second kappa shape index (κ2) is 9.00. The number of ether oxygens (including phenoxy) is 1. The minimum Gasteiger partial charge on any atom is -0.497 e. The molecule has 0 saturated heterocycles. The monoisotopic (exact) mass is 292 g/mol. The van der Waals surface area contributed by atoms with Crippen molar-refractivity contribution in [2.45, 2.75) is 26.7 Å². The zero-order valence-electron chi connectivity index (χ0n) is 13.0. The fraction of sp³-hybridized carbons (Fsp3) is 0.500. The van der Waals surface area contributed by atoms with Crippen LogP contribution in [0, 0.1) is 0 Å². The maximum Gasteiger partial charge on any atom is 0.231 e. The van der Waals surface area contributed by atoms with Gasteiger partial charge in [-0.1, -0.05) is 12.1 Å². The molecule has 0 aliphatic rings. The summed E-state index contributed by atoms with van der Waals surface area (Å²) in [6.07, 6.45) is 0.652. The van der Waals surface area contributed by atoms with Gasteiger partial charge in [0, 0.05) is 19.6 Å². The molecule has 0 saturated carbocycles. The lowest BCUT2D eigenvalue weighted by Crippen LogP contribution is -2.36. The minimum atomic E-state index is -0.222. The molecule has 1 aromatic carbocycles. The molecular weight excluding hydrogens is 268 g/mol. The lowest BCUT2D eigenvalue weighted by atomic mass is 10.1. The second-order valence-electron chi connectivity index (χ2n) is 4.69. The van der Waals surface area contributed by atoms with Crippen LogP contribution in [0.2, 0.25) is 0 Å². The first kappa shape index (κ1) is 17.0. The SMILES string of the molecule is CCN(CC)C(=O)CC(=O)NCCc1ccc(OC)cc1. The van der Waals surface area contributed by atoms with Gasteiger partial charge in [0.05, 0.1) is 7.11 Å². The molecule has 0 aromatic heterocycles. The molecule has 1 aromatic rings. The number of carbonyl (C=O) groups is 2.